The van der Waals surface area contributed by atoms with Gasteiger partial charge in [-0.2, -0.15) is 5.26 Å². The second kappa shape index (κ2) is 9.14. The zero-order valence-corrected chi connectivity index (χ0v) is 18.8. The lowest BCUT2D eigenvalue weighted by molar-refractivity contribution is -0.121. The molecule has 1 aromatic heterocycles. The molecule has 1 aromatic rings. The van der Waals surface area contributed by atoms with Crippen LogP contribution in [0.1, 0.15) is 56.2 Å². The Bertz CT molecular complexity index is 968. The number of rotatable bonds is 5. The van der Waals surface area contributed by atoms with Crippen molar-refractivity contribution in [2.45, 2.75) is 53.0 Å². The van der Waals surface area contributed by atoms with E-state index in [0.717, 1.165) is 43.7 Å². The van der Waals surface area contributed by atoms with Crippen LogP contribution >= 0.6 is 24.0 Å². The molecular formula is C21H26N4O2S2. The van der Waals surface area contributed by atoms with E-state index in [4.69, 9.17) is 12.2 Å². The number of pyridine rings is 1. The molecule has 0 radical (unpaired) electrons. The summed E-state index contributed by atoms with van der Waals surface area (Å²) in [4.78, 5) is 30.2. The molecular weight excluding hydrogens is 404 g/mol. The minimum atomic E-state index is -0.245. The van der Waals surface area contributed by atoms with Crippen molar-refractivity contribution < 1.29 is 4.79 Å². The van der Waals surface area contributed by atoms with Gasteiger partial charge in [0.25, 0.3) is 11.5 Å². The van der Waals surface area contributed by atoms with E-state index in [2.05, 4.69) is 11.0 Å². The van der Waals surface area contributed by atoms with Crippen LogP contribution in [0, 0.1) is 18.3 Å². The third kappa shape index (κ3) is 3.99. The number of carbonyl (C=O) groups is 1. The van der Waals surface area contributed by atoms with Crippen LogP contribution in [0.15, 0.2) is 9.70 Å². The number of thioether (sulfide) groups is 1. The van der Waals surface area contributed by atoms with Crippen molar-refractivity contribution in [1.29, 1.82) is 5.26 Å². The lowest BCUT2D eigenvalue weighted by Gasteiger charge is -2.33. The summed E-state index contributed by atoms with van der Waals surface area (Å²) in [6.45, 7) is 8.51. The van der Waals surface area contributed by atoms with E-state index < -0.39 is 0 Å². The zero-order valence-electron chi connectivity index (χ0n) is 17.2. The second-order valence-electron chi connectivity index (χ2n) is 7.28. The SMILES string of the molecule is CCCn1c(N2CCCCC2)c(/C=C2/SC(=S)N(CC)C2=O)c(C)c(C#N)c1=O. The third-order valence-electron chi connectivity index (χ3n) is 5.41. The molecule has 3 heterocycles. The largest absolute Gasteiger partial charge is 0.357 e. The number of piperidine rings is 1. The number of amides is 1. The van der Waals surface area contributed by atoms with E-state index in [1.54, 1.807) is 16.4 Å². The summed E-state index contributed by atoms with van der Waals surface area (Å²) in [6, 6.07) is 2.09. The molecule has 0 spiro atoms. The van der Waals surface area contributed by atoms with E-state index in [1.807, 2.05) is 19.9 Å². The quantitative estimate of drug-likeness (QED) is 0.525. The lowest BCUT2D eigenvalue weighted by atomic mass is 10.0. The van der Waals surface area contributed by atoms with Crippen LogP contribution in [-0.4, -0.2) is 39.3 Å². The normalized spacial score (nSPS) is 18.6. The molecule has 0 bridgehead atoms. The average molecular weight is 431 g/mol. The van der Waals surface area contributed by atoms with Crippen LogP contribution in [0.5, 0.6) is 0 Å². The van der Waals surface area contributed by atoms with Gasteiger partial charge in [-0.05, 0) is 51.2 Å². The van der Waals surface area contributed by atoms with Crippen LogP contribution in [0.4, 0.5) is 5.82 Å². The van der Waals surface area contributed by atoms with Crippen molar-refractivity contribution in [3.8, 4) is 6.07 Å². The highest BCUT2D eigenvalue weighted by molar-refractivity contribution is 8.26. The molecule has 29 heavy (non-hydrogen) atoms. The summed E-state index contributed by atoms with van der Waals surface area (Å²) in [6.07, 6.45) is 5.93. The van der Waals surface area contributed by atoms with Gasteiger partial charge in [-0.15, -0.1) is 0 Å². The molecule has 0 aliphatic carbocycles. The van der Waals surface area contributed by atoms with Crippen molar-refractivity contribution in [1.82, 2.24) is 9.47 Å². The number of anilines is 1. The summed E-state index contributed by atoms with van der Waals surface area (Å²) in [5, 5.41) is 9.65. The van der Waals surface area contributed by atoms with E-state index in [9.17, 15) is 14.9 Å². The first-order valence-corrected chi connectivity index (χ1v) is 11.3. The van der Waals surface area contributed by atoms with E-state index in [0.29, 0.717) is 27.9 Å². The van der Waals surface area contributed by atoms with Crippen molar-refractivity contribution in [3.05, 3.63) is 31.9 Å². The van der Waals surface area contributed by atoms with Gasteiger partial charge in [-0.25, -0.2) is 0 Å². The van der Waals surface area contributed by atoms with Crippen LogP contribution in [0.2, 0.25) is 0 Å². The van der Waals surface area contributed by atoms with E-state index in [-0.39, 0.29) is 17.0 Å². The molecule has 0 N–H and O–H groups in total. The molecule has 2 aliphatic rings. The first kappa shape index (κ1) is 21.6. The number of hydrogen-bond acceptors (Lipinski definition) is 6. The van der Waals surface area contributed by atoms with Crippen molar-refractivity contribution in [2.75, 3.05) is 24.5 Å². The number of nitrogens with zero attached hydrogens (tertiary/aromatic N) is 4. The van der Waals surface area contributed by atoms with Gasteiger partial charge >= 0.3 is 0 Å². The molecule has 0 saturated carbocycles. The number of likely N-dealkylation sites (N-methyl/N-ethyl adjacent to an activating group) is 1. The van der Waals surface area contributed by atoms with Gasteiger partial charge in [0.1, 0.15) is 21.8 Å². The molecule has 2 fully saturated rings. The fourth-order valence-corrected chi connectivity index (χ4v) is 5.29. The maximum absolute atomic E-state index is 13.1. The number of thiocarbonyl (C=S) groups is 1. The molecule has 0 unspecified atom stereocenters. The summed E-state index contributed by atoms with van der Waals surface area (Å²) < 4.78 is 2.27. The Kier molecular flexibility index (Phi) is 6.81. The van der Waals surface area contributed by atoms with Gasteiger partial charge in [0.2, 0.25) is 0 Å². The Morgan fingerprint density at radius 2 is 1.90 bits per heavy atom. The number of carbonyl (C=O) groups excluding carboxylic acids is 1. The Morgan fingerprint density at radius 3 is 2.45 bits per heavy atom. The number of hydrogen-bond donors (Lipinski definition) is 0. The highest BCUT2D eigenvalue weighted by Crippen LogP contribution is 2.36. The molecule has 6 nitrogen and oxygen atoms in total. The fraction of sp³-hybridized carbons (Fsp3) is 0.524. The summed E-state index contributed by atoms with van der Waals surface area (Å²) in [5.74, 6) is 0.716. The molecule has 1 amide bonds. The second-order valence-corrected chi connectivity index (χ2v) is 8.96. The number of nitriles is 1. The topological polar surface area (TPSA) is 69.3 Å². The smallest absolute Gasteiger partial charge is 0.270 e. The van der Waals surface area contributed by atoms with Crippen LogP contribution in [-0.2, 0) is 11.3 Å². The standard InChI is InChI=1S/C21H26N4O2S2/c1-4-9-25-18(23-10-7-6-8-11-23)15(14(3)16(13-22)19(25)26)12-17-20(27)24(5-2)21(28)29-17/h12H,4-11H2,1-3H3/b17-12+. The maximum atomic E-state index is 13.1. The van der Waals surface area contributed by atoms with Crippen LogP contribution in [0.3, 0.4) is 0 Å². The van der Waals surface area contributed by atoms with Crippen molar-refractivity contribution >= 4 is 46.1 Å². The number of aromatic nitrogens is 1. The lowest BCUT2D eigenvalue weighted by Crippen LogP contribution is -2.37. The maximum Gasteiger partial charge on any atom is 0.270 e. The Morgan fingerprint density at radius 1 is 1.21 bits per heavy atom. The molecule has 0 atom stereocenters. The van der Waals surface area contributed by atoms with Gasteiger partial charge in [-0.1, -0.05) is 30.9 Å². The fourth-order valence-electron chi connectivity index (χ4n) is 3.93. The van der Waals surface area contributed by atoms with Gasteiger partial charge in [0.05, 0.1) is 4.91 Å². The van der Waals surface area contributed by atoms with Gasteiger partial charge in [-0.3, -0.25) is 19.1 Å². The van der Waals surface area contributed by atoms with Gasteiger partial charge < -0.3 is 4.90 Å². The van der Waals surface area contributed by atoms with Crippen LogP contribution in [0.25, 0.3) is 6.08 Å². The zero-order chi connectivity index (χ0) is 21.1. The minimum absolute atomic E-state index is 0.113. The third-order valence-corrected chi connectivity index (χ3v) is 6.79. The molecule has 2 saturated heterocycles. The van der Waals surface area contributed by atoms with Crippen LogP contribution < -0.4 is 10.5 Å². The summed E-state index contributed by atoms with van der Waals surface area (Å²) >= 11 is 6.63. The van der Waals surface area contributed by atoms with E-state index >= 15 is 0 Å². The summed E-state index contributed by atoms with van der Waals surface area (Å²) in [7, 11) is 0. The molecule has 8 heteroatoms. The Labute approximate surface area is 181 Å². The first-order chi connectivity index (χ1) is 13.9. The van der Waals surface area contributed by atoms with Crippen molar-refractivity contribution in [3.63, 3.8) is 0 Å². The van der Waals surface area contributed by atoms with Crippen molar-refractivity contribution in [2.24, 2.45) is 0 Å². The highest BCUT2D eigenvalue weighted by Gasteiger charge is 2.32. The first-order valence-electron chi connectivity index (χ1n) is 10.1. The predicted octanol–water partition coefficient (Wildman–Crippen LogP) is 3.65. The minimum Gasteiger partial charge on any atom is -0.357 e. The Balaban J connectivity index is 2.27. The molecule has 0 aromatic carbocycles. The van der Waals surface area contributed by atoms with E-state index in [1.165, 1.54) is 18.2 Å². The molecule has 2 aliphatic heterocycles. The average Bonchev–Trinajstić information content (AvgIpc) is 2.99. The monoisotopic (exact) mass is 430 g/mol. The molecule has 3 rings (SSSR count). The molecule has 154 valence electrons. The predicted molar refractivity (Wildman–Crippen MR) is 122 cm³/mol. The highest BCUT2D eigenvalue weighted by atomic mass is 32.2. The van der Waals surface area contributed by atoms with Gasteiger partial charge in [0, 0.05) is 31.7 Å². The Hall–Kier alpha value is -2.11. The van der Waals surface area contributed by atoms with Gasteiger partial charge in [0.15, 0.2) is 0 Å². The summed E-state index contributed by atoms with van der Waals surface area (Å²) in [5.41, 5.74) is 1.32.